The normalized spacial score (nSPS) is 13.1. The van der Waals surface area contributed by atoms with Crippen molar-refractivity contribution in [2.24, 2.45) is 0 Å². The van der Waals surface area contributed by atoms with Crippen molar-refractivity contribution in [1.29, 1.82) is 0 Å². The van der Waals surface area contributed by atoms with Crippen LogP contribution in [0.2, 0.25) is 4.34 Å². The van der Waals surface area contributed by atoms with E-state index in [-0.39, 0.29) is 0 Å². The lowest BCUT2D eigenvalue weighted by molar-refractivity contribution is 0.164. The minimum Gasteiger partial charge on any atom is -0.386 e. The van der Waals surface area contributed by atoms with E-state index in [4.69, 9.17) is 16.3 Å². The van der Waals surface area contributed by atoms with Gasteiger partial charge in [0.2, 0.25) is 0 Å². The predicted molar refractivity (Wildman–Crippen MR) is 59.0 cm³/mol. The monoisotopic (exact) mass is 235 g/mol. The molecule has 1 atom stereocenters. The maximum Gasteiger partial charge on any atom is 0.101 e. The Balaban J connectivity index is 2.25. The Morgan fingerprint density at radius 2 is 2.43 bits per heavy atom. The molecule has 0 saturated carbocycles. The molecule has 0 aliphatic carbocycles. The van der Waals surface area contributed by atoms with Gasteiger partial charge in [-0.15, -0.1) is 11.3 Å². The Hall–Kier alpha value is -0.130. The molecule has 80 valence electrons. The third-order valence-corrected chi connectivity index (χ3v) is 3.08. The molecule has 0 radical (unpaired) electrons. The van der Waals surface area contributed by atoms with Gasteiger partial charge in [0.1, 0.15) is 6.10 Å². The largest absolute Gasteiger partial charge is 0.386 e. The molecular weight excluding hydrogens is 222 g/mol. The minimum absolute atomic E-state index is 0.482. The Labute approximate surface area is 92.7 Å². The maximum atomic E-state index is 9.68. The van der Waals surface area contributed by atoms with Crippen LogP contribution in [-0.2, 0) is 4.74 Å². The van der Waals surface area contributed by atoms with Crippen LogP contribution in [0.25, 0.3) is 0 Å². The van der Waals surface area contributed by atoms with Gasteiger partial charge in [0.15, 0.2) is 0 Å². The highest BCUT2D eigenvalue weighted by Gasteiger charge is 2.08. The van der Waals surface area contributed by atoms with Crippen LogP contribution in [0.5, 0.6) is 0 Å². The van der Waals surface area contributed by atoms with E-state index in [9.17, 15) is 5.11 Å². The van der Waals surface area contributed by atoms with Crippen LogP contribution < -0.4 is 5.32 Å². The first-order valence-corrected chi connectivity index (χ1v) is 5.56. The lowest BCUT2D eigenvalue weighted by atomic mass is 10.3. The molecule has 5 heteroatoms. The van der Waals surface area contributed by atoms with Crippen molar-refractivity contribution in [3.63, 3.8) is 0 Å². The molecule has 1 unspecified atom stereocenters. The van der Waals surface area contributed by atoms with E-state index in [1.807, 2.05) is 6.07 Å². The first-order chi connectivity index (χ1) is 6.74. The lowest BCUT2D eigenvalue weighted by Gasteiger charge is -2.09. The average Bonchev–Trinajstić information content (AvgIpc) is 2.59. The predicted octanol–water partition coefficient (Wildman–Crippen LogP) is 1.67. The number of rotatable bonds is 6. The Bertz CT molecular complexity index is 267. The smallest absolute Gasteiger partial charge is 0.101 e. The summed E-state index contributed by atoms with van der Waals surface area (Å²) in [6.07, 6.45) is -0.482. The average molecular weight is 236 g/mol. The summed E-state index contributed by atoms with van der Waals surface area (Å²) in [5.41, 5.74) is 0. The van der Waals surface area contributed by atoms with Crippen LogP contribution in [0.1, 0.15) is 11.0 Å². The van der Waals surface area contributed by atoms with Gasteiger partial charge in [0.25, 0.3) is 0 Å². The van der Waals surface area contributed by atoms with Gasteiger partial charge in [-0.25, -0.2) is 0 Å². The molecule has 0 aliphatic heterocycles. The fourth-order valence-electron chi connectivity index (χ4n) is 1.02. The summed E-state index contributed by atoms with van der Waals surface area (Å²) in [7, 11) is 1.65. The topological polar surface area (TPSA) is 41.5 Å². The summed E-state index contributed by atoms with van der Waals surface area (Å²) in [4.78, 5) is 0.889. The molecule has 0 aliphatic rings. The Morgan fingerprint density at radius 3 is 3.00 bits per heavy atom. The summed E-state index contributed by atoms with van der Waals surface area (Å²) in [5, 5.41) is 12.8. The first-order valence-electron chi connectivity index (χ1n) is 4.37. The Kier molecular flexibility index (Phi) is 5.44. The van der Waals surface area contributed by atoms with E-state index >= 15 is 0 Å². The molecule has 14 heavy (non-hydrogen) atoms. The molecule has 1 aromatic rings. The van der Waals surface area contributed by atoms with Gasteiger partial charge in [-0.05, 0) is 12.1 Å². The number of aliphatic hydroxyl groups excluding tert-OH is 1. The SMILES string of the molecule is COCCNCC(O)c1ccc(Cl)s1. The zero-order valence-corrected chi connectivity index (χ0v) is 9.57. The second-order valence-corrected chi connectivity index (χ2v) is 4.60. The number of ether oxygens (including phenoxy) is 1. The number of halogens is 1. The standard InChI is InChI=1S/C9H14ClNO2S/c1-13-5-4-11-6-7(12)8-2-3-9(10)14-8/h2-3,7,11-12H,4-6H2,1H3. The van der Waals surface area contributed by atoms with Crippen molar-refractivity contribution in [2.45, 2.75) is 6.10 Å². The van der Waals surface area contributed by atoms with Gasteiger partial charge in [0.05, 0.1) is 10.9 Å². The molecule has 0 saturated heterocycles. The molecule has 0 bridgehead atoms. The maximum absolute atomic E-state index is 9.68. The third-order valence-electron chi connectivity index (χ3n) is 1.74. The van der Waals surface area contributed by atoms with Gasteiger partial charge in [-0.2, -0.15) is 0 Å². The Morgan fingerprint density at radius 1 is 1.64 bits per heavy atom. The van der Waals surface area contributed by atoms with E-state index < -0.39 is 6.10 Å². The van der Waals surface area contributed by atoms with Crippen molar-refractivity contribution in [2.75, 3.05) is 26.8 Å². The number of thiophene rings is 1. The number of aliphatic hydroxyl groups is 1. The van der Waals surface area contributed by atoms with Crippen LogP contribution in [0, 0.1) is 0 Å². The van der Waals surface area contributed by atoms with E-state index in [1.54, 1.807) is 13.2 Å². The van der Waals surface area contributed by atoms with Crippen LogP contribution >= 0.6 is 22.9 Å². The zero-order chi connectivity index (χ0) is 10.4. The van der Waals surface area contributed by atoms with Crippen molar-refractivity contribution in [3.05, 3.63) is 21.3 Å². The molecule has 0 spiro atoms. The van der Waals surface area contributed by atoms with Crippen molar-refractivity contribution in [1.82, 2.24) is 5.32 Å². The quantitative estimate of drug-likeness (QED) is 0.738. The van der Waals surface area contributed by atoms with Crippen molar-refractivity contribution in [3.8, 4) is 0 Å². The number of hydrogen-bond donors (Lipinski definition) is 2. The van der Waals surface area contributed by atoms with Gasteiger partial charge in [0, 0.05) is 25.1 Å². The second kappa shape index (κ2) is 6.37. The highest BCUT2D eigenvalue weighted by molar-refractivity contribution is 7.16. The van der Waals surface area contributed by atoms with E-state index in [2.05, 4.69) is 5.32 Å². The van der Waals surface area contributed by atoms with Gasteiger partial charge in [-0.1, -0.05) is 11.6 Å². The molecule has 1 heterocycles. The van der Waals surface area contributed by atoms with Gasteiger partial charge in [-0.3, -0.25) is 0 Å². The summed E-state index contributed by atoms with van der Waals surface area (Å²) in [6, 6.07) is 3.63. The molecule has 0 fully saturated rings. The summed E-state index contributed by atoms with van der Waals surface area (Å²) < 4.78 is 5.58. The lowest BCUT2D eigenvalue weighted by Crippen LogP contribution is -2.24. The van der Waals surface area contributed by atoms with Crippen molar-refractivity contribution < 1.29 is 9.84 Å². The zero-order valence-electron chi connectivity index (χ0n) is 8.00. The minimum atomic E-state index is -0.482. The number of hydrogen-bond acceptors (Lipinski definition) is 4. The van der Waals surface area contributed by atoms with Gasteiger partial charge >= 0.3 is 0 Å². The molecule has 2 N–H and O–H groups in total. The van der Waals surface area contributed by atoms with Crippen LogP contribution in [0.4, 0.5) is 0 Å². The number of nitrogens with one attached hydrogen (secondary N) is 1. The first kappa shape index (κ1) is 11.9. The molecular formula is C9H14ClNO2S. The summed E-state index contributed by atoms with van der Waals surface area (Å²) >= 11 is 7.16. The fourth-order valence-corrected chi connectivity index (χ4v) is 2.07. The fraction of sp³-hybridized carbons (Fsp3) is 0.556. The van der Waals surface area contributed by atoms with E-state index in [0.29, 0.717) is 17.5 Å². The molecule has 0 amide bonds. The summed E-state index contributed by atoms with van der Waals surface area (Å²) in [5.74, 6) is 0. The number of methoxy groups -OCH3 is 1. The molecule has 1 rings (SSSR count). The molecule has 1 aromatic heterocycles. The van der Waals surface area contributed by atoms with E-state index in [0.717, 1.165) is 11.4 Å². The summed E-state index contributed by atoms with van der Waals surface area (Å²) in [6.45, 7) is 1.92. The van der Waals surface area contributed by atoms with Crippen LogP contribution in [-0.4, -0.2) is 31.9 Å². The molecule has 0 aromatic carbocycles. The van der Waals surface area contributed by atoms with Crippen LogP contribution in [0.15, 0.2) is 12.1 Å². The van der Waals surface area contributed by atoms with Crippen molar-refractivity contribution >= 4 is 22.9 Å². The molecule has 3 nitrogen and oxygen atoms in total. The van der Waals surface area contributed by atoms with Gasteiger partial charge < -0.3 is 15.2 Å². The third kappa shape index (κ3) is 3.94. The second-order valence-electron chi connectivity index (χ2n) is 2.85. The highest BCUT2D eigenvalue weighted by Crippen LogP contribution is 2.26. The van der Waals surface area contributed by atoms with E-state index in [1.165, 1.54) is 11.3 Å². The highest BCUT2D eigenvalue weighted by atomic mass is 35.5. The van der Waals surface area contributed by atoms with Crippen LogP contribution in [0.3, 0.4) is 0 Å².